The molecule has 1 aliphatic rings. The Kier molecular flexibility index (Phi) is 5.95. The molecule has 1 aromatic heterocycles. The topological polar surface area (TPSA) is 71.2 Å². The van der Waals surface area contributed by atoms with Crippen LogP contribution in [0, 0.1) is 5.92 Å². The van der Waals surface area contributed by atoms with Gasteiger partial charge in [-0.1, -0.05) is 6.07 Å². The maximum Gasteiger partial charge on any atom is 0.224 e. The summed E-state index contributed by atoms with van der Waals surface area (Å²) < 4.78 is 0. The lowest BCUT2D eigenvalue weighted by Gasteiger charge is -2.31. The molecule has 1 atom stereocenters. The Morgan fingerprint density at radius 1 is 1.55 bits per heavy atom. The maximum atomic E-state index is 12.0. The van der Waals surface area contributed by atoms with Gasteiger partial charge in [-0.25, -0.2) is 0 Å². The zero-order chi connectivity index (χ0) is 14.2. The van der Waals surface area contributed by atoms with Crippen molar-refractivity contribution in [1.29, 1.82) is 0 Å². The summed E-state index contributed by atoms with van der Waals surface area (Å²) in [5.74, 6) is 0.269. The summed E-state index contributed by atoms with van der Waals surface area (Å²) in [6, 6.07) is 4.07. The van der Waals surface area contributed by atoms with Gasteiger partial charge in [-0.15, -0.1) is 0 Å². The highest BCUT2D eigenvalue weighted by atomic mass is 16.1. The van der Waals surface area contributed by atoms with E-state index >= 15 is 0 Å². The van der Waals surface area contributed by atoms with Gasteiger partial charge in [-0.2, -0.15) is 0 Å². The van der Waals surface area contributed by atoms with E-state index in [1.165, 1.54) is 5.56 Å². The number of rotatable bonds is 6. The van der Waals surface area contributed by atoms with Crippen LogP contribution in [0.15, 0.2) is 24.5 Å². The fourth-order valence-corrected chi connectivity index (χ4v) is 2.65. The summed E-state index contributed by atoms with van der Waals surface area (Å²) in [6.07, 6.45) is 6.77. The van der Waals surface area contributed by atoms with Crippen molar-refractivity contribution in [3.63, 3.8) is 0 Å². The highest BCUT2D eigenvalue weighted by Gasteiger charge is 2.25. The largest absolute Gasteiger partial charge is 0.355 e. The third-order valence-electron chi connectivity index (χ3n) is 3.76. The molecule has 5 heteroatoms. The van der Waals surface area contributed by atoms with Crippen molar-refractivity contribution < 1.29 is 4.79 Å². The van der Waals surface area contributed by atoms with E-state index in [1.807, 2.05) is 12.3 Å². The van der Waals surface area contributed by atoms with Crippen LogP contribution >= 0.6 is 0 Å². The predicted octanol–water partition coefficient (Wildman–Crippen LogP) is 0.411. The average Bonchev–Trinajstić information content (AvgIpc) is 2.52. The van der Waals surface area contributed by atoms with Gasteiger partial charge in [0.05, 0.1) is 5.92 Å². The Labute approximate surface area is 120 Å². The Hall–Kier alpha value is -1.46. The summed E-state index contributed by atoms with van der Waals surface area (Å²) in [7, 11) is 0. The highest BCUT2D eigenvalue weighted by Crippen LogP contribution is 2.17. The van der Waals surface area contributed by atoms with Crippen molar-refractivity contribution in [2.24, 2.45) is 11.7 Å². The Morgan fingerprint density at radius 2 is 2.45 bits per heavy atom. The molecule has 20 heavy (non-hydrogen) atoms. The van der Waals surface area contributed by atoms with Gasteiger partial charge in [0.2, 0.25) is 5.91 Å². The molecule has 0 saturated carbocycles. The summed E-state index contributed by atoms with van der Waals surface area (Å²) >= 11 is 0. The minimum atomic E-state index is 0.115. The molecule has 0 bridgehead atoms. The quantitative estimate of drug-likeness (QED) is 0.789. The molecule has 1 aliphatic heterocycles. The van der Waals surface area contributed by atoms with Crippen LogP contribution in [0.25, 0.3) is 0 Å². The summed E-state index contributed by atoms with van der Waals surface area (Å²) in [5.41, 5.74) is 6.67. The van der Waals surface area contributed by atoms with E-state index in [9.17, 15) is 4.79 Å². The Balaban J connectivity index is 1.77. The smallest absolute Gasteiger partial charge is 0.224 e. The zero-order valence-electron chi connectivity index (χ0n) is 11.9. The molecular formula is C15H24N4O. The standard InChI is InChI=1S/C15H24N4O/c16-6-8-18-15(20)14-4-2-9-19(12-14)10-5-13-3-1-7-17-11-13/h1,3,7,11,14H,2,4-6,8-10,12,16H2,(H,18,20). The maximum absolute atomic E-state index is 12.0. The number of carbonyl (C=O) groups excluding carboxylic acids is 1. The van der Waals surface area contributed by atoms with Crippen molar-refractivity contribution in [2.45, 2.75) is 19.3 Å². The highest BCUT2D eigenvalue weighted by molar-refractivity contribution is 5.78. The minimum absolute atomic E-state index is 0.115. The summed E-state index contributed by atoms with van der Waals surface area (Å²) in [4.78, 5) is 18.5. The first-order valence-corrected chi connectivity index (χ1v) is 7.38. The molecule has 3 N–H and O–H groups in total. The van der Waals surface area contributed by atoms with Gasteiger partial charge >= 0.3 is 0 Å². The van der Waals surface area contributed by atoms with Gasteiger partial charge < -0.3 is 16.0 Å². The molecule has 1 fully saturated rings. The van der Waals surface area contributed by atoms with Crippen molar-refractivity contribution >= 4 is 5.91 Å². The molecule has 1 saturated heterocycles. The van der Waals surface area contributed by atoms with Crippen LogP contribution in [0.5, 0.6) is 0 Å². The van der Waals surface area contributed by atoms with Crippen molar-refractivity contribution in [2.75, 3.05) is 32.7 Å². The number of aromatic nitrogens is 1. The van der Waals surface area contributed by atoms with Gasteiger partial charge in [0.15, 0.2) is 0 Å². The Morgan fingerprint density at radius 3 is 3.20 bits per heavy atom. The fraction of sp³-hybridized carbons (Fsp3) is 0.600. The van der Waals surface area contributed by atoms with Gasteiger partial charge in [0.25, 0.3) is 0 Å². The van der Waals surface area contributed by atoms with E-state index in [-0.39, 0.29) is 11.8 Å². The third-order valence-corrected chi connectivity index (χ3v) is 3.76. The van der Waals surface area contributed by atoms with E-state index in [1.54, 1.807) is 6.20 Å². The summed E-state index contributed by atoms with van der Waals surface area (Å²) in [6.45, 7) is 4.01. The second-order valence-corrected chi connectivity index (χ2v) is 5.33. The average molecular weight is 276 g/mol. The first-order valence-electron chi connectivity index (χ1n) is 7.38. The molecule has 1 aromatic rings. The van der Waals surface area contributed by atoms with Crippen LogP contribution in [-0.4, -0.2) is 48.5 Å². The number of nitrogens with two attached hydrogens (primary N) is 1. The number of carbonyl (C=O) groups is 1. The molecule has 0 aliphatic carbocycles. The molecule has 5 nitrogen and oxygen atoms in total. The van der Waals surface area contributed by atoms with Crippen molar-refractivity contribution in [3.8, 4) is 0 Å². The lowest BCUT2D eigenvalue weighted by atomic mass is 9.97. The van der Waals surface area contributed by atoms with E-state index in [0.29, 0.717) is 13.1 Å². The van der Waals surface area contributed by atoms with Crippen LogP contribution < -0.4 is 11.1 Å². The van der Waals surface area contributed by atoms with Gasteiger partial charge in [-0.3, -0.25) is 9.78 Å². The molecule has 2 heterocycles. The van der Waals surface area contributed by atoms with Crippen molar-refractivity contribution in [1.82, 2.24) is 15.2 Å². The second kappa shape index (κ2) is 7.97. The number of pyridine rings is 1. The Bertz CT molecular complexity index is 410. The second-order valence-electron chi connectivity index (χ2n) is 5.33. The molecule has 1 unspecified atom stereocenters. The number of nitrogens with one attached hydrogen (secondary N) is 1. The molecular weight excluding hydrogens is 252 g/mol. The number of amides is 1. The van der Waals surface area contributed by atoms with Gasteiger partial charge in [0.1, 0.15) is 0 Å². The normalized spacial score (nSPS) is 19.8. The molecule has 110 valence electrons. The van der Waals surface area contributed by atoms with Crippen LogP contribution in [0.2, 0.25) is 0 Å². The first-order chi connectivity index (χ1) is 9.79. The first kappa shape index (κ1) is 14.9. The minimum Gasteiger partial charge on any atom is -0.355 e. The fourth-order valence-electron chi connectivity index (χ4n) is 2.65. The molecule has 0 aromatic carbocycles. The van der Waals surface area contributed by atoms with Crippen LogP contribution in [0.3, 0.4) is 0 Å². The van der Waals surface area contributed by atoms with E-state index < -0.39 is 0 Å². The monoisotopic (exact) mass is 276 g/mol. The third kappa shape index (κ3) is 4.58. The van der Waals surface area contributed by atoms with E-state index in [4.69, 9.17) is 5.73 Å². The van der Waals surface area contributed by atoms with E-state index in [0.717, 1.165) is 38.9 Å². The number of nitrogens with zero attached hydrogens (tertiary/aromatic N) is 2. The lowest BCUT2D eigenvalue weighted by molar-refractivity contribution is -0.126. The molecule has 1 amide bonds. The van der Waals surface area contributed by atoms with Crippen LogP contribution in [0.1, 0.15) is 18.4 Å². The molecule has 2 rings (SSSR count). The van der Waals surface area contributed by atoms with Crippen LogP contribution in [0.4, 0.5) is 0 Å². The summed E-state index contributed by atoms with van der Waals surface area (Å²) in [5, 5.41) is 2.90. The van der Waals surface area contributed by atoms with Crippen molar-refractivity contribution in [3.05, 3.63) is 30.1 Å². The number of piperidine rings is 1. The lowest BCUT2D eigenvalue weighted by Crippen LogP contribution is -2.44. The van der Waals surface area contributed by atoms with Gasteiger partial charge in [0, 0.05) is 38.6 Å². The predicted molar refractivity (Wildman–Crippen MR) is 79.2 cm³/mol. The number of hydrogen-bond acceptors (Lipinski definition) is 4. The molecule has 0 radical (unpaired) electrons. The SMILES string of the molecule is NCCNC(=O)C1CCCN(CCc2cccnc2)C1. The van der Waals surface area contributed by atoms with Crippen LogP contribution in [-0.2, 0) is 11.2 Å². The number of likely N-dealkylation sites (tertiary alicyclic amines) is 1. The van der Waals surface area contributed by atoms with Gasteiger partial charge in [-0.05, 0) is 37.4 Å². The zero-order valence-corrected chi connectivity index (χ0v) is 11.9. The molecule has 0 spiro atoms. The van der Waals surface area contributed by atoms with E-state index in [2.05, 4.69) is 21.3 Å². The number of hydrogen-bond donors (Lipinski definition) is 2.